The van der Waals surface area contributed by atoms with Gasteiger partial charge in [0.15, 0.2) is 6.10 Å². The SMILES string of the molecule is Cc1c(Cl)cccc1NC(=O)[C@@H](C)OC(=O)/C=C/c1ccc(Cl)c(Cl)c1. The molecule has 2 aromatic carbocycles. The topological polar surface area (TPSA) is 55.4 Å². The van der Waals surface area contributed by atoms with Crippen LogP contribution in [0.25, 0.3) is 6.08 Å². The fourth-order valence-corrected chi connectivity index (χ4v) is 2.51. The van der Waals surface area contributed by atoms with E-state index >= 15 is 0 Å². The number of hydrogen-bond acceptors (Lipinski definition) is 3. The zero-order chi connectivity index (χ0) is 19.3. The minimum absolute atomic E-state index is 0.381. The number of nitrogens with one attached hydrogen (secondary N) is 1. The Bertz CT molecular complexity index is 865. The Kier molecular flexibility index (Phi) is 7.09. The second-order valence-electron chi connectivity index (χ2n) is 5.49. The molecular formula is C19H16Cl3NO3. The molecule has 7 heteroatoms. The molecule has 0 aliphatic rings. The van der Waals surface area contributed by atoms with Crippen molar-refractivity contribution in [3.8, 4) is 0 Å². The number of carbonyl (C=O) groups excluding carboxylic acids is 2. The van der Waals surface area contributed by atoms with E-state index < -0.39 is 18.0 Å². The predicted octanol–water partition coefficient (Wildman–Crippen LogP) is 5.54. The van der Waals surface area contributed by atoms with E-state index in [0.717, 1.165) is 5.56 Å². The van der Waals surface area contributed by atoms with Crippen LogP contribution in [0.5, 0.6) is 0 Å². The van der Waals surface area contributed by atoms with E-state index in [2.05, 4.69) is 5.32 Å². The molecule has 0 saturated carbocycles. The van der Waals surface area contributed by atoms with Gasteiger partial charge in [0.1, 0.15) is 0 Å². The van der Waals surface area contributed by atoms with Gasteiger partial charge in [-0.25, -0.2) is 4.79 Å². The first-order valence-corrected chi connectivity index (χ1v) is 8.81. The maximum atomic E-state index is 12.2. The van der Waals surface area contributed by atoms with Gasteiger partial charge in [-0.1, -0.05) is 46.9 Å². The largest absolute Gasteiger partial charge is 0.449 e. The maximum Gasteiger partial charge on any atom is 0.331 e. The summed E-state index contributed by atoms with van der Waals surface area (Å²) in [5.41, 5.74) is 1.99. The molecular weight excluding hydrogens is 397 g/mol. The molecule has 0 radical (unpaired) electrons. The van der Waals surface area contributed by atoms with Crippen molar-refractivity contribution in [2.24, 2.45) is 0 Å². The van der Waals surface area contributed by atoms with Crippen molar-refractivity contribution in [3.63, 3.8) is 0 Å². The lowest BCUT2D eigenvalue weighted by Gasteiger charge is -2.14. The highest BCUT2D eigenvalue weighted by Crippen LogP contribution is 2.24. The molecule has 0 unspecified atom stereocenters. The van der Waals surface area contributed by atoms with E-state index in [0.29, 0.717) is 26.3 Å². The molecule has 0 aliphatic heterocycles. The highest BCUT2D eigenvalue weighted by Gasteiger charge is 2.17. The van der Waals surface area contributed by atoms with Crippen molar-refractivity contribution in [3.05, 3.63) is 68.7 Å². The Labute approximate surface area is 166 Å². The van der Waals surface area contributed by atoms with Crippen LogP contribution in [-0.4, -0.2) is 18.0 Å². The summed E-state index contributed by atoms with van der Waals surface area (Å²) in [6.07, 6.45) is 1.77. The van der Waals surface area contributed by atoms with Crippen LogP contribution in [0.3, 0.4) is 0 Å². The van der Waals surface area contributed by atoms with E-state index in [1.165, 1.54) is 19.1 Å². The first kappa shape index (κ1) is 20.3. The normalized spacial score (nSPS) is 12.0. The number of ether oxygens (including phenoxy) is 1. The van der Waals surface area contributed by atoms with Crippen LogP contribution in [0.15, 0.2) is 42.5 Å². The summed E-state index contributed by atoms with van der Waals surface area (Å²) >= 11 is 17.8. The molecule has 0 fully saturated rings. The number of rotatable bonds is 5. The third-order valence-electron chi connectivity index (χ3n) is 3.54. The predicted molar refractivity (Wildman–Crippen MR) is 106 cm³/mol. The average Bonchev–Trinajstić information content (AvgIpc) is 2.60. The van der Waals surface area contributed by atoms with E-state index in [1.54, 1.807) is 43.3 Å². The molecule has 0 saturated heterocycles. The van der Waals surface area contributed by atoms with Gasteiger partial charge in [-0.15, -0.1) is 0 Å². The van der Waals surface area contributed by atoms with Crippen molar-refractivity contribution in [2.75, 3.05) is 5.32 Å². The molecule has 1 atom stereocenters. The van der Waals surface area contributed by atoms with Crippen LogP contribution in [0.1, 0.15) is 18.1 Å². The Morgan fingerprint density at radius 1 is 1.08 bits per heavy atom. The first-order valence-electron chi connectivity index (χ1n) is 7.67. The van der Waals surface area contributed by atoms with Gasteiger partial charge in [-0.2, -0.15) is 0 Å². The molecule has 0 spiro atoms. The van der Waals surface area contributed by atoms with Gasteiger partial charge in [0, 0.05) is 16.8 Å². The Morgan fingerprint density at radius 2 is 1.81 bits per heavy atom. The highest BCUT2D eigenvalue weighted by molar-refractivity contribution is 6.42. The van der Waals surface area contributed by atoms with Crippen molar-refractivity contribution in [2.45, 2.75) is 20.0 Å². The molecule has 0 aromatic heterocycles. The van der Waals surface area contributed by atoms with Gasteiger partial charge in [0.05, 0.1) is 10.0 Å². The average molecular weight is 413 g/mol. The molecule has 0 bridgehead atoms. The van der Waals surface area contributed by atoms with Gasteiger partial charge in [0.25, 0.3) is 5.91 Å². The van der Waals surface area contributed by atoms with E-state index in [4.69, 9.17) is 39.5 Å². The minimum Gasteiger partial charge on any atom is -0.449 e. The molecule has 2 rings (SSSR count). The molecule has 26 heavy (non-hydrogen) atoms. The second kappa shape index (κ2) is 9.08. The molecule has 1 N–H and O–H groups in total. The lowest BCUT2D eigenvalue weighted by Crippen LogP contribution is -2.29. The monoisotopic (exact) mass is 411 g/mol. The first-order chi connectivity index (χ1) is 12.3. The van der Waals surface area contributed by atoms with Gasteiger partial charge >= 0.3 is 5.97 Å². The quantitative estimate of drug-likeness (QED) is 0.518. The Balaban J connectivity index is 1.95. The van der Waals surface area contributed by atoms with Gasteiger partial charge in [-0.3, -0.25) is 4.79 Å². The van der Waals surface area contributed by atoms with Crippen LogP contribution >= 0.6 is 34.8 Å². The zero-order valence-electron chi connectivity index (χ0n) is 14.1. The number of amides is 1. The fraction of sp³-hybridized carbons (Fsp3) is 0.158. The van der Waals surface area contributed by atoms with Gasteiger partial charge < -0.3 is 10.1 Å². The number of hydrogen-bond donors (Lipinski definition) is 1. The number of anilines is 1. The van der Waals surface area contributed by atoms with Crippen molar-refractivity contribution >= 4 is 58.4 Å². The Hall–Kier alpha value is -2.01. The third-order valence-corrected chi connectivity index (χ3v) is 4.69. The standard InChI is InChI=1S/C19H16Cl3NO3/c1-11-14(20)4-3-5-17(11)23-19(25)12(2)26-18(24)9-7-13-6-8-15(21)16(22)10-13/h3-10,12H,1-2H3,(H,23,25)/b9-7+/t12-/m1/s1. The maximum absolute atomic E-state index is 12.2. The Morgan fingerprint density at radius 3 is 2.50 bits per heavy atom. The molecule has 1 amide bonds. The van der Waals surface area contributed by atoms with Crippen LogP contribution in [-0.2, 0) is 14.3 Å². The number of carbonyl (C=O) groups is 2. The van der Waals surface area contributed by atoms with Gasteiger partial charge in [-0.05, 0) is 55.3 Å². The van der Waals surface area contributed by atoms with Crippen LogP contribution in [0, 0.1) is 6.92 Å². The fourth-order valence-electron chi connectivity index (χ4n) is 2.02. The van der Waals surface area contributed by atoms with Crippen LogP contribution in [0.4, 0.5) is 5.69 Å². The van der Waals surface area contributed by atoms with Crippen LogP contribution < -0.4 is 5.32 Å². The van der Waals surface area contributed by atoms with Crippen molar-refractivity contribution in [1.82, 2.24) is 0 Å². The van der Waals surface area contributed by atoms with Crippen molar-refractivity contribution < 1.29 is 14.3 Å². The summed E-state index contributed by atoms with van der Waals surface area (Å²) < 4.78 is 5.10. The van der Waals surface area contributed by atoms with E-state index in [1.807, 2.05) is 0 Å². The van der Waals surface area contributed by atoms with Crippen LogP contribution in [0.2, 0.25) is 15.1 Å². The summed E-state index contributed by atoms with van der Waals surface area (Å²) in [5.74, 6) is -1.10. The number of benzene rings is 2. The van der Waals surface area contributed by atoms with Gasteiger partial charge in [0.2, 0.25) is 0 Å². The summed E-state index contributed by atoms with van der Waals surface area (Å²) in [6, 6.07) is 10.1. The minimum atomic E-state index is -0.973. The lowest BCUT2D eigenvalue weighted by molar-refractivity contribution is -0.148. The zero-order valence-corrected chi connectivity index (χ0v) is 16.3. The summed E-state index contributed by atoms with van der Waals surface area (Å²) in [4.78, 5) is 24.1. The van der Waals surface area contributed by atoms with Crippen molar-refractivity contribution in [1.29, 1.82) is 0 Å². The second-order valence-corrected chi connectivity index (χ2v) is 6.71. The summed E-state index contributed by atoms with van der Waals surface area (Å²) in [7, 11) is 0. The molecule has 0 aliphatic carbocycles. The van der Waals surface area contributed by atoms with E-state index in [9.17, 15) is 9.59 Å². The van der Waals surface area contributed by atoms with E-state index in [-0.39, 0.29) is 0 Å². The molecule has 4 nitrogen and oxygen atoms in total. The smallest absolute Gasteiger partial charge is 0.331 e. The third kappa shape index (κ3) is 5.49. The molecule has 2 aromatic rings. The molecule has 136 valence electrons. The molecule has 0 heterocycles. The number of esters is 1. The highest BCUT2D eigenvalue weighted by atomic mass is 35.5. The summed E-state index contributed by atoms with van der Waals surface area (Å²) in [5, 5.41) is 4.03. The lowest BCUT2D eigenvalue weighted by atomic mass is 10.2. The number of halogens is 3. The summed E-state index contributed by atoms with van der Waals surface area (Å²) in [6.45, 7) is 3.27.